The molecule has 14 heavy (non-hydrogen) atoms. The van der Waals surface area contributed by atoms with Gasteiger partial charge in [0.2, 0.25) is 5.91 Å². The summed E-state index contributed by atoms with van der Waals surface area (Å²) < 4.78 is 0. The Labute approximate surface area is 90.6 Å². The molecule has 0 radical (unpaired) electrons. The van der Waals surface area contributed by atoms with Crippen LogP contribution in [0, 0.1) is 5.92 Å². The summed E-state index contributed by atoms with van der Waals surface area (Å²) in [5.74, 6) is 3.50. The molecular weight excluding hydrogens is 196 g/mol. The van der Waals surface area contributed by atoms with Gasteiger partial charge in [-0.15, -0.1) is 0 Å². The van der Waals surface area contributed by atoms with E-state index in [9.17, 15) is 4.79 Å². The molecule has 3 nitrogen and oxygen atoms in total. The molecule has 82 valence electrons. The van der Waals surface area contributed by atoms with Crippen LogP contribution in [-0.2, 0) is 4.79 Å². The largest absolute Gasteiger partial charge is 0.349 e. The molecule has 0 spiro atoms. The third kappa shape index (κ3) is 4.33. The summed E-state index contributed by atoms with van der Waals surface area (Å²) in [7, 11) is 3.63. The maximum atomic E-state index is 11.2. The van der Waals surface area contributed by atoms with Gasteiger partial charge < -0.3 is 10.2 Å². The van der Waals surface area contributed by atoms with Crippen LogP contribution in [0.4, 0.5) is 0 Å². The first-order valence-corrected chi connectivity index (χ1v) is 6.34. The van der Waals surface area contributed by atoms with Crippen molar-refractivity contribution in [1.82, 2.24) is 10.2 Å². The topological polar surface area (TPSA) is 32.3 Å². The lowest BCUT2D eigenvalue weighted by Crippen LogP contribution is -2.43. The Morgan fingerprint density at radius 2 is 2.21 bits per heavy atom. The highest BCUT2D eigenvalue weighted by molar-refractivity contribution is 7.99. The van der Waals surface area contributed by atoms with E-state index in [4.69, 9.17) is 0 Å². The first-order valence-electron chi connectivity index (χ1n) is 5.18. The predicted molar refractivity (Wildman–Crippen MR) is 61.6 cm³/mol. The zero-order chi connectivity index (χ0) is 10.4. The van der Waals surface area contributed by atoms with Crippen LogP contribution in [0.25, 0.3) is 0 Å². The molecule has 4 heteroatoms. The summed E-state index contributed by atoms with van der Waals surface area (Å²) in [6, 6.07) is 0. The Morgan fingerprint density at radius 1 is 1.50 bits per heavy atom. The van der Waals surface area contributed by atoms with Gasteiger partial charge in [-0.1, -0.05) is 0 Å². The van der Waals surface area contributed by atoms with Crippen molar-refractivity contribution in [1.29, 1.82) is 0 Å². The molecule has 0 unspecified atom stereocenters. The maximum absolute atomic E-state index is 11.2. The zero-order valence-corrected chi connectivity index (χ0v) is 9.90. The average molecular weight is 216 g/mol. The Kier molecular flexibility index (Phi) is 5.33. The van der Waals surface area contributed by atoms with Crippen LogP contribution in [0.2, 0.25) is 0 Å². The monoisotopic (exact) mass is 216 g/mol. The van der Waals surface area contributed by atoms with Crippen molar-refractivity contribution in [3.8, 4) is 0 Å². The first-order chi connectivity index (χ1) is 6.70. The highest BCUT2D eigenvalue weighted by Crippen LogP contribution is 2.13. The lowest BCUT2D eigenvalue weighted by molar-refractivity contribution is -0.128. The molecule has 1 aliphatic rings. The number of nitrogens with one attached hydrogen (secondary N) is 1. The molecule has 0 bridgehead atoms. The fraction of sp³-hybridized carbons (Fsp3) is 0.900. The second kappa shape index (κ2) is 6.30. The fourth-order valence-corrected chi connectivity index (χ4v) is 2.35. The molecule has 1 fully saturated rings. The van der Waals surface area contributed by atoms with Crippen molar-refractivity contribution in [2.75, 3.05) is 38.7 Å². The van der Waals surface area contributed by atoms with E-state index in [2.05, 4.69) is 5.32 Å². The van der Waals surface area contributed by atoms with Crippen LogP contribution in [0.15, 0.2) is 0 Å². The molecule has 1 saturated heterocycles. The molecule has 1 amide bonds. The molecule has 0 atom stereocenters. The quantitative estimate of drug-likeness (QED) is 0.667. The van der Waals surface area contributed by atoms with E-state index in [-0.39, 0.29) is 5.91 Å². The number of carbonyl (C=O) groups is 1. The van der Waals surface area contributed by atoms with Gasteiger partial charge in [-0.25, -0.2) is 0 Å². The third-order valence-corrected chi connectivity index (χ3v) is 3.68. The van der Waals surface area contributed by atoms with E-state index in [1.807, 2.05) is 25.9 Å². The lowest BCUT2D eigenvalue weighted by Gasteiger charge is -2.26. The molecule has 0 aromatic carbocycles. The summed E-state index contributed by atoms with van der Waals surface area (Å²) >= 11 is 1.98. The van der Waals surface area contributed by atoms with E-state index in [0.29, 0.717) is 6.42 Å². The van der Waals surface area contributed by atoms with Gasteiger partial charge in [0.25, 0.3) is 0 Å². The first kappa shape index (κ1) is 11.9. The van der Waals surface area contributed by atoms with Crippen molar-refractivity contribution in [2.24, 2.45) is 5.92 Å². The van der Waals surface area contributed by atoms with E-state index >= 15 is 0 Å². The van der Waals surface area contributed by atoms with E-state index in [1.54, 1.807) is 4.90 Å². The number of hydrogen-bond donors (Lipinski definition) is 1. The molecule has 1 N–H and O–H groups in total. The number of thioether (sulfide) groups is 1. The summed E-state index contributed by atoms with van der Waals surface area (Å²) in [5.41, 5.74) is 0. The van der Waals surface area contributed by atoms with Gasteiger partial charge in [0, 0.05) is 20.5 Å². The van der Waals surface area contributed by atoms with Crippen LogP contribution in [-0.4, -0.2) is 49.5 Å². The summed E-state index contributed by atoms with van der Waals surface area (Å²) in [6.07, 6.45) is 1.71. The van der Waals surface area contributed by atoms with Crippen LogP contribution in [0.5, 0.6) is 0 Å². The summed E-state index contributed by atoms with van der Waals surface area (Å²) in [4.78, 5) is 12.9. The average Bonchev–Trinajstić information content (AvgIpc) is 2.07. The van der Waals surface area contributed by atoms with Gasteiger partial charge in [0.05, 0.1) is 0 Å². The molecule has 1 rings (SSSR count). The van der Waals surface area contributed by atoms with Gasteiger partial charge in [-0.2, -0.15) is 11.8 Å². The van der Waals surface area contributed by atoms with Crippen LogP contribution >= 0.6 is 11.8 Å². The number of rotatable bonds is 6. The normalized spacial score (nSPS) is 16.4. The molecule has 1 aliphatic heterocycles. The Hall–Kier alpha value is -0.220. The third-order valence-electron chi connectivity index (χ3n) is 2.40. The zero-order valence-electron chi connectivity index (χ0n) is 9.08. The molecule has 0 aromatic heterocycles. The molecule has 0 aromatic rings. The fourth-order valence-electron chi connectivity index (χ4n) is 1.27. The van der Waals surface area contributed by atoms with Gasteiger partial charge >= 0.3 is 0 Å². The molecule has 0 aliphatic carbocycles. The van der Waals surface area contributed by atoms with Crippen LogP contribution in [0.3, 0.4) is 0 Å². The van der Waals surface area contributed by atoms with Crippen molar-refractivity contribution in [3.05, 3.63) is 0 Å². The SMILES string of the molecule is CN(C)C(=O)CCCSCC1CNC1. The Balaban J connectivity index is 1.86. The van der Waals surface area contributed by atoms with Crippen molar-refractivity contribution in [2.45, 2.75) is 12.8 Å². The van der Waals surface area contributed by atoms with Gasteiger partial charge in [-0.3, -0.25) is 4.79 Å². The Bertz CT molecular complexity index is 181. The minimum Gasteiger partial charge on any atom is -0.349 e. The van der Waals surface area contributed by atoms with Crippen LogP contribution < -0.4 is 5.32 Å². The molecular formula is C10H20N2OS. The van der Waals surface area contributed by atoms with E-state index in [0.717, 1.165) is 18.1 Å². The predicted octanol–water partition coefficient (Wildman–Crippen LogP) is 0.807. The number of nitrogens with zero attached hydrogens (tertiary/aromatic N) is 1. The van der Waals surface area contributed by atoms with Crippen LogP contribution in [0.1, 0.15) is 12.8 Å². The molecule has 1 heterocycles. The van der Waals surface area contributed by atoms with Gasteiger partial charge in [0.1, 0.15) is 0 Å². The highest BCUT2D eigenvalue weighted by atomic mass is 32.2. The van der Waals surface area contributed by atoms with Crippen molar-refractivity contribution < 1.29 is 4.79 Å². The number of amides is 1. The minimum absolute atomic E-state index is 0.246. The van der Waals surface area contributed by atoms with Gasteiger partial charge in [0.15, 0.2) is 0 Å². The second-order valence-corrected chi connectivity index (χ2v) is 5.14. The number of hydrogen-bond acceptors (Lipinski definition) is 3. The standard InChI is InChI=1S/C10H20N2OS/c1-12(2)10(13)4-3-5-14-8-9-6-11-7-9/h9,11H,3-8H2,1-2H3. The van der Waals surface area contributed by atoms with Crippen molar-refractivity contribution in [3.63, 3.8) is 0 Å². The summed E-state index contributed by atoms with van der Waals surface area (Å²) in [6.45, 7) is 2.37. The summed E-state index contributed by atoms with van der Waals surface area (Å²) in [5, 5.41) is 3.26. The van der Waals surface area contributed by atoms with Crippen molar-refractivity contribution >= 4 is 17.7 Å². The molecule has 0 saturated carbocycles. The minimum atomic E-state index is 0.246. The maximum Gasteiger partial charge on any atom is 0.222 e. The smallest absolute Gasteiger partial charge is 0.222 e. The van der Waals surface area contributed by atoms with E-state index < -0.39 is 0 Å². The number of carbonyl (C=O) groups excluding carboxylic acids is 1. The second-order valence-electron chi connectivity index (χ2n) is 3.99. The lowest BCUT2D eigenvalue weighted by atomic mass is 10.1. The van der Waals surface area contributed by atoms with E-state index in [1.165, 1.54) is 18.8 Å². The van der Waals surface area contributed by atoms with Gasteiger partial charge in [-0.05, 0) is 36.9 Å². The highest BCUT2D eigenvalue weighted by Gasteiger charge is 2.15. The Morgan fingerprint density at radius 3 is 2.71 bits per heavy atom.